The van der Waals surface area contributed by atoms with Gasteiger partial charge in [0.1, 0.15) is 11.6 Å². The van der Waals surface area contributed by atoms with Crippen LogP contribution >= 0.6 is 0 Å². The van der Waals surface area contributed by atoms with E-state index < -0.39 is 5.60 Å². The van der Waals surface area contributed by atoms with Gasteiger partial charge in [0, 0.05) is 12.1 Å². The second kappa shape index (κ2) is 5.55. The van der Waals surface area contributed by atoms with Crippen LogP contribution in [0.1, 0.15) is 46.1 Å². The fourth-order valence-corrected chi connectivity index (χ4v) is 2.30. The number of hydrogen-bond donors (Lipinski definition) is 1. The highest BCUT2D eigenvalue weighted by Crippen LogP contribution is 2.34. The van der Waals surface area contributed by atoms with Gasteiger partial charge in [-0.15, -0.1) is 0 Å². The molecule has 3 heteroatoms. The minimum atomic E-state index is -0.968. The van der Waals surface area contributed by atoms with Crippen LogP contribution in [0.3, 0.4) is 0 Å². The second-order valence-corrected chi connectivity index (χ2v) is 6.50. The van der Waals surface area contributed by atoms with Crippen molar-refractivity contribution in [2.75, 3.05) is 0 Å². The molecule has 114 valence electrons. The summed E-state index contributed by atoms with van der Waals surface area (Å²) in [7, 11) is 0. The van der Waals surface area contributed by atoms with E-state index in [1.54, 1.807) is 13.0 Å². The Kier molecular flexibility index (Phi) is 4.13. The van der Waals surface area contributed by atoms with E-state index in [2.05, 4.69) is 32.9 Å². The molecule has 0 spiro atoms. The van der Waals surface area contributed by atoms with Crippen LogP contribution in [0.2, 0.25) is 0 Å². The highest BCUT2D eigenvalue weighted by molar-refractivity contribution is 5.35. The van der Waals surface area contributed by atoms with Gasteiger partial charge in [0.15, 0.2) is 5.60 Å². The van der Waals surface area contributed by atoms with Crippen molar-refractivity contribution < 1.29 is 9.13 Å². The van der Waals surface area contributed by atoms with E-state index in [1.165, 1.54) is 11.6 Å². The van der Waals surface area contributed by atoms with Crippen molar-refractivity contribution in [1.82, 2.24) is 0 Å². The first kappa shape index (κ1) is 15.6. The second-order valence-electron chi connectivity index (χ2n) is 6.50. The number of allylic oxidation sites excluding steroid dienone is 1. The summed E-state index contributed by atoms with van der Waals surface area (Å²) in [5.74, 6) is 0.339. The lowest BCUT2D eigenvalue weighted by Crippen LogP contribution is -2.35. The third-order valence-corrected chi connectivity index (χ3v) is 4.39. The van der Waals surface area contributed by atoms with Crippen LogP contribution in [-0.4, -0.2) is 5.60 Å². The molecule has 0 saturated carbocycles. The van der Waals surface area contributed by atoms with E-state index in [9.17, 15) is 4.39 Å². The van der Waals surface area contributed by atoms with Gasteiger partial charge in [0.05, 0.1) is 0 Å². The molecular weight excluding hydrogens is 265 g/mol. The molecule has 1 aliphatic rings. The van der Waals surface area contributed by atoms with Crippen molar-refractivity contribution in [3.63, 3.8) is 0 Å². The summed E-state index contributed by atoms with van der Waals surface area (Å²) >= 11 is 0. The van der Waals surface area contributed by atoms with Gasteiger partial charge >= 0.3 is 0 Å². The third-order valence-electron chi connectivity index (χ3n) is 4.39. The van der Waals surface area contributed by atoms with Gasteiger partial charge in [0.25, 0.3) is 0 Å². The van der Waals surface area contributed by atoms with E-state index in [4.69, 9.17) is 10.5 Å². The van der Waals surface area contributed by atoms with Gasteiger partial charge in [-0.05, 0) is 42.5 Å². The Morgan fingerprint density at radius 1 is 1.29 bits per heavy atom. The van der Waals surface area contributed by atoms with Crippen molar-refractivity contribution >= 4 is 0 Å². The predicted molar refractivity (Wildman–Crippen MR) is 84.9 cm³/mol. The quantitative estimate of drug-likeness (QED) is 0.878. The third kappa shape index (κ3) is 3.29. The standard InChI is InChI=1S/C18H24FNO/c1-5-17(2,3)13-6-8-15(9-7-13)21-18(4)11-10-14(20)12-16(18)19/h6-10,12H,5,11,20H2,1-4H3. The molecule has 1 aliphatic carbocycles. The molecule has 1 unspecified atom stereocenters. The van der Waals surface area contributed by atoms with E-state index in [0.717, 1.165) is 6.42 Å². The maximum absolute atomic E-state index is 14.1. The fraction of sp³-hybridized carbons (Fsp3) is 0.444. The van der Waals surface area contributed by atoms with Gasteiger partial charge < -0.3 is 10.5 Å². The van der Waals surface area contributed by atoms with Crippen molar-refractivity contribution in [2.45, 2.75) is 51.6 Å². The van der Waals surface area contributed by atoms with Crippen LogP contribution in [-0.2, 0) is 5.41 Å². The summed E-state index contributed by atoms with van der Waals surface area (Å²) in [4.78, 5) is 0. The summed E-state index contributed by atoms with van der Waals surface area (Å²) in [6.07, 6.45) is 4.62. The summed E-state index contributed by atoms with van der Waals surface area (Å²) < 4.78 is 20.0. The Morgan fingerprint density at radius 2 is 1.90 bits per heavy atom. The van der Waals surface area contributed by atoms with Crippen molar-refractivity contribution in [3.8, 4) is 5.75 Å². The zero-order chi connectivity index (χ0) is 15.7. The van der Waals surface area contributed by atoms with Crippen LogP contribution in [0.5, 0.6) is 5.75 Å². The first-order valence-corrected chi connectivity index (χ1v) is 7.40. The number of hydrogen-bond acceptors (Lipinski definition) is 2. The first-order valence-electron chi connectivity index (χ1n) is 7.40. The molecule has 0 heterocycles. The van der Waals surface area contributed by atoms with Gasteiger partial charge in [-0.1, -0.05) is 39.0 Å². The van der Waals surface area contributed by atoms with Gasteiger partial charge in [-0.2, -0.15) is 0 Å². The van der Waals surface area contributed by atoms with Crippen LogP contribution in [0.15, 0.2) is 47.9 Å². The summed E-state index contributed by atoms with van der Waals surface area (Å²) in [6, 6.07) is 7.92. The minimum Gasteiger partial charge on any atom is -0.480 e. The molecule has 0 aliphatic heterocycles. The number of nitrogens with two attached hydrogens (primary N) is 1. The highest BCUT2D eigenvalue weighted by atomic mass is 19.1. The topological polar surface area (TPSA) is 35.2 Å². The molecule has 0 radical (unpaired) electrons. The average Bonchev–Trinajstić information content (AvgIpc) is 2.44. The maximum atomic E-state index is 14.1. The number of rotatable bonds is 4. The molecule has 0 bridgehead atoms. The van der Waals surface area contributed by atoms with Crippen LogP contribution in [0.25, 0.3) is 0 Å². The lowest BCUT2D eigenvalue weighted by atomic mass is 9.82. The maximum Gasteiger partial charge on any atom is 0.161 e. The van der Waals surface area contributed by atoms with E-state index >= 15 is 0 Å². The first-order chi connectivity index (χ1) is 9.77. The number of benzene rings is 1. The lowest BCUT2D eigenvalue weighted by Gasteiger charge is -2.31. The SMILES string of the molecule is CCC(C)(C)c1ccc(OC2(C)CC=C(N)C=C2F)cc1. The number of halogens is 1. The van der Waals surface area contributed by atoms with Gasteiger partial charge in [-0.3, -0.25) is 0 Å². The molecule has 1 aromatic rings. The Labute approximate surface area is 126 Å². The molecule has 0 aromatic heterocycles. The minimum absolute atomic E-state index is 0.135. The van der Waals surface area contributed by atoms with Crippen molar-refractivity contribution in [1.29, 1.82) is 0 Å². The van der Waals surface area contributed by atoms with E-state index in [1.807, 2.05) is 12.1 Å². The molecule has 2 nitrogen and oxygen atoms in total. The van der Waals surface area contributed by atoms with Crippen LogP contribution in [0.4, 0.5) is 4.39 Å². The van der Waals surface area contributed by atoms with E-state index in [-0.39, 0.29) is 11.2 Å². The average molecular weight is 289 g/mol. The predicted octanol–water partition coefficient (Wildman–Crippen LogP) is 4.61. The zero-order valence-electron chi connectivity index (χ0n) is 13.2. The monoisotopic (exact) mass is 289 g/mol. The largest absolute Gasteiger partial charge is 0.480 e. The van der Waals surface area contributed by atoms with Crippen LogP contribution in [0, 0.1) is 0 Å². The molecule has 1 aromatic carbocycles. The Balaban J connectivity index is 2.16. The van der Waals surface area contributed by atoms with Gasteiger partial charge in [-0.25, -0.2) is 4.39 Å². The summed E-state index contributed by atoms with van der Waals surface area (Å²) in [5.41, 5.74) is 6.49. The van der Waals surface area contributed by atoms with E-state index in [0.29, 0.717) is 17.9 Å². The summed E-state index contributed by atoms with van der Waals surface area (Å²) in [6.45, 7) is 8.33. The zero-order valence-corrected chi connectivity index (χ0v) is 13.2. The Morgan fingerprint density at radius 3 is 2.43 bits per heavy atom. The van der Waals surface area contributed by atoms with Crippen molar-refractivity contribution in [2.24, 2.45) is 5.73 Å². The number of ether oxygens (including phenoxy) is 1. The molecule has 0 amide bonds. The lowest BCUT2D eigenvalue weighted by molar-refractivity contribution is 0.102. The molecule has 0 fully saturated rings. The Bertz CT molecular complexity index is 571. The molecular formula is C18H24FNO. The summed E-state index contributed by atoms with van der Waals surface area (Å²) in [5, 5.41) is 0. The molecule has 21 heavy (non-hydrogen) atoms. The Hall–Kier alpha value is -1.77. The fourth-order valence-electron chi connectivity index (χ4n) is 2.30. The van der Waals surface area contributed by atoms with Crippen LogP contribution < -0.4 is 10.5 Å². The highest BCUT2D eigenvalue weighted by Gasteiger charge is 2.33. The molecule has 1 atom stereocenters. The molecule has 2 rings (SSSR count). The van der Waals surface area contributed by atoms with Crippen molar-refractivity contribution in [3.05, 3.63) is 53.5 Å². The normalized spacial score (nSPS) is 22.5. The molecule has 0 saturated heterocycles. The molecule has 2 N–H and O–H groups in total. The smallest absolute Gasteiger partial charge is 0.161 e. The van der Waals surface area contributed by atoms with Gasteiger partial charge in [0.2, 0.25) is 0 Å².